The summed E-state index contributed by atoms with van der Waals surface area (Å²) in [7, 11) is 0. The zero-order valence-electron chi connectivity index (χ0n) is 12.0. The molecule has 0 atom stereocenters. The maximum Gasteiger partial charge on any atom is 0.243 e. The summed E-state index contributed by atoms with van der Waals surface area (Å²) in [6.07, 6.45) is 0. The number of carbonyl (C=O) groups excluding carboxylic acids is 2. The average molecular weight is 336 g/mol. The van der Waals surface area contributed by atoms with Gasteiger partial charge < -0.3 is 10.6 Å². The molecule has 0 saturated carbocycles. The fourth-order valence-electron chi connectivity index (χ4n) is 1.65. The second kappa shape index (κ2) is 8.28. The van der Waals surface area contributed by atoms with E-state index in [4.69, 9.17) is 0 Å². The number of hydrogen-bond acceptors (Lipinski definition) is 3. The molecule has 2 N–H and O–H groups in total. The third-order valence-electron chi connectivity index (χ3n) is 2.76. The van der Waals surface area contributed by atoms with Crippen molar-refractivity contribution in [3.63, 3.8) is 0 Å². The summed E-state index contributed by atoms with van der Waals surface area (Å²) in [5.74, 6) is -1.33. The third-order valence-corrected chi connectivity index (χ3v) is 3.77. The molecule has 2 aromatic rings. The van der Waals surface area contributed by atoms with E-state index in [-0.39, 0.29) is 24.0 Å². The summed E-state index contributed by atoms with van der Waals surface area (Å²) in [6, 6.07) is 11.1. The molecule has 0 spiro atoms. The second-order valence-electron chi connectivity index (χ2n) is 4.57. The van der Waals surface area contributed by atoms with Crippen molar-refractivity contribution >= 4 is 29.3 Å². The van der Waals surface area contributed by atoms with Gasteiger partial charge in [0.2, 0.25) is 11.8 Å². The smallest absolute Gasteiger partial charge is 0.243 e. The predicted molar refractivity (Wildman–Crippen MR) is 85.2 cm³/mol. The number of halogens is 2. The highest BCUT2D eigenvalue weighted by Crippen LogP contribution is 2.17. The number of carbonyl (C=O) groups is 2. The van der Waals surface area contributed by atoms with Gasteiger partial charge in [0.25, 0.3) is 0 Å². The van der Waals surface area contributed by atoms with E-state index in [0.717, 1.165) is 4.90 Å². The van der Waals surface area contributed by atoms with E-state index in [1.807, 2.05) is 0 Å². The van der Waals surface area contributed by atoms with E-state index < -0.39 is 11.7 Å². The SMILES string of the molecule is O=C(CSc1ccc(F)cc1)NCC(=O)Nc1ccc(F)cc1. The topological polar surface area (TPSA) is 58.2 Å². The van der Waals surface area contributed by atoms with Gasteiger partial charge in [-0.1, -0.05) is 0 Å². The number of rotatable bonds is 6. The standard InChI is InChI=1S/C16H14F2N2O2S/c17-11-1-5-13(6-2-11)20-15(21)9-19-16(22)10-23-14-7-3-12(18)4-8-14/h1-8H,9-10H2,(H,19,22)(H,20,21). The van der Waals surface area contributed by atoms with Crippen LogP contribution in [0, 0.1) is 11.6 Å². The van der Waals surface area contributed by atoms with Crippen LogP contribution in [0.5, 0.6) is 0 Å². The molecule has 4 nitrogen and oxygen atoms in total. The van der Waals surface area contributed by atoms with Crippen molar-refractivity contribution in [1.82, 2.24) is 5.32 Å². The average Bonchev–Trinajstić information content (AvgIpc) is 2.54. The Hall–Kier alpha value is -2.41. The van der Waals surface area contributed by atoms with Crippen molar-refractivity contribution in [3.05, 3.63) is 60.2 Å². The Labute approximate surface area is 136 Å². The molecule has 120 valence electrons. The van der Waals surface area contributed by atoms with Gasteiger partial charge in [-0.3, -0.25) is 9.59 Å². The lowest BCUT2D eigenvalue weighted by Crippen LogP contribution is -2.33. The Balaban J connectivity index is 1.70. The molecule has 0 aromatic heterocycles. The van der Waals surface area contributed by atoms with Gasteiger partial charge in [0.1, 0.15) is 11.6 Å². The maximum atomic E-state index is 12.7. The molecule has 2 amide bonds. The lowest BCUT2D eigenvalue weighted by atomic mass is 10.3. The van der Waals surface area contributed by atoms with Crippen LogP contribution in [-0.2, 0) is 9.59 Å². The van der Waals surface area contributed by atoms with Crippen LogP contribution >= 0.6 is 11.8 Å². The molecule has 7 heteroatoms. The van der Waals surface area contributed by atoms with Crippen LogP contribution < -0.4 is 10.6 Å². The van der Waals surface area contributed by atoms with Crippen LogP contribution in [0.15, 0.2) is 53.4 Å². The lowest BCUT2D eigenvalue weighted by molar-refractivity contribution is -0.122. The summed E-state index contributed by atoms with van der Waals surface area (Å²) in [5, 5.41) is 5.01. The van der Waals surface area contributed by atoms with Gasteiger partial charge in [-0.05, 0) is 48.5 Å². The highest BCUT2D eigenvalue weighted by Gasteiger charge is 2.07. The summed E-state index contributed by atoms with van der Waals surface area (Å²) in [6.45, 7) is -0.180. The Kier molecular flexibility index (Phi) is 6.10. The predicted octanol–water partition coefficient (Wildman–Crippen LogP) is 2.81. The Morgan fingerprint density at radius 1 is 0.870 bits per heavy atom. The molecular weight excluding hydrogens is 322 g/mol. The van der Waals surface area contributed by atoms with Gasteiger partial charge in [0.05, 0.1) is 12.3 Å². The number of hydrogen-bond donors (Lipinski definition) is 2. The minimum atomic E-state index is -0.406. The first kappa shape index (κ1) is 17.0. The van der Waals surface area contributed by atoms with Gasteiger partial charge in [-0.25, -0.2) is 8.78 Å². The zero-order valence-corrected chi connectivity index (χ0v) is 12.8. The van der Waals surface area contributed by atoms with Crippen LogP contribution in [0.4, 0.5) is 14.5 Å². The van der Waals surface area contributed by atoms with E-state index in [1.54, 1.807) is 12.1 Å². The normalized spacial score (nSPS) is 10.2. The Morgan fingerprint density at radius 2 is 1.43 bits per heavy atom. The van der Waals surface area contributed by atoms with Gasteiger partial charge in [-0.15, -0.1) is 11.8 Å². The highest BCUT2D eigenvalue weighted by molar-refractivity contribution is 8.00. The van der Waals surface area contributed by atoms with Crippen molar-refractivity contribution in [2.75, 3.05) is 17.6 Å². The van der Waals surface area contributed by atoms with Crippen LogP contribution in [0.25, 0.3) is 0 Å². The monoisotopic (exact) mass is 336 g/mol. The summed E-state index contributed by atoms with van der Waals surface area (Å²) in [5.41, 5.74) is 0.450. The largest absolute Gasteiger partial charge is 0.346 e. The molecule has 0 heterocycles. The lowest BCUT2D eigenvalue weighted by Gasteiger charge is -2.07. The summed E-state index contributed by atoms with van der Waals surface area (Å²) >= 11 is 1.24. The van der Waals surface area contributed by atoms with Gasteiger partial charge in [0, 0.05) is 10.6 Å². The van der Waals surface area contributed by atoms with Crippen molar-refractivity contribution in [3.8, 4) is 0 Å². The van der Waals surface area contributed by atoms with Crippen molar-refractivity contribution in [1.29, 1.82) is 0 Å². The quantitative estimate of drug-likeness (QED) is 0.798. The number of thioether (sulfide) groups is 1. The first-order chi connectivity index (χ1) is 11.0. The minimum absolute atomic E-state index is 0.120. The van der Waals surface area contributed by atoms with Crippen LogP contribution in [0.3, 0.4) is 0 Å². The maximum absolute atomic E-state index is 12.7. The number of nitrogens with one attached hydrogen (secondary N) is 2. The van der Waals surface area contributed by atoms with Gasteiger partial charge in [0.15, 0.2) is 0 Å². The minimum Gasteiger partial charge on any atom is -0.346 e. The first-order valence-corrected chi connectivity index (χ1v) is 7.72. The first-order valence-electron chi connectivity index (χ1n) is 6.73. The van der Waals surface area contributed by atoms with E-state index in [0.29, 0.717) is 5.69 Å². The van der Waals surface area contributed by atoms with Crippen molar-refractivity contribution in [2.24, 2.45) is 0 Å². The summed E-state index contributed by atoms with van der Waals surface area (Å²) in [4.78, 5) is 24.1. The van der Waals surface area contributed by atoms with Crippen LogP contribution in [-0.4, -0.2) is 24.1 Å². The Bertz CT molecular complexity index is 675. The molecule has 0 saturated heterocycles. The highest BCUT2D eigenvalue weighted by atomic mass is 32.2. The number of anilines is 1. The molecule has 0 radical (unpaired) electrons. The molecular formula is C16H14F2N2O2S. The molecule has 23 heavy (non-hydrogen) atoms. The molecule has 2 rings (SSSR count). The molecule has 0 fully saturated rings. The van der Waals surface area contributed by atoms with E-state index >= 15 is 0 Å². The molecule has 0 aliphatic heterocycles. The fraction of sp³-hybridized carbons (Fsp3) is 0.125. The molecule has 0 aliphatic rings. The molecule has 0 aliphatic carbocycles. The summed E-state index contributed by atoms with van der Waals surface area (Å²) < 4.78 is 25.5. The van der Waals surface area contributed by atoms with Crippen molar-refractivity contribution < 1.29 is 18.4 Å². The zero-order chi connectivity index (χ0) is 16.7. The molecule has 0 unspecified atom stereocenters. The fourth-order valence-corrected chi connectivity index (χ4v) is 2.38. The number of amides is 2. The van der Waals surface area contributed by atoms with Gasteiger partial charge >= 0.3 is 0 Å². The van der Waals surface area contributed by atoms with E-state index in [1.165, 1.54) is 48.2 Å². The van der Waals surface area contributed by atoms with Gasteiger partial charge in [-0.2, -0.15) is 0 Å². The number of benzene rings is 2. The Morgan fingerprint density at radius 3 is 2.04 bits per heavy atom. The second-order valence-corrected chi connectivity index (χ2v) is 5.62. The molecule has 2 aromatic carbocycles. The van der Waals surface area contributed by atoms with E-state index in [9.17, 15) is 18.4 Å². The van der Waals surface area contributed by atoms with Crippen LogP contribution in [0.1, 0.15) is 0 Å². The molecule has 0 bridgehead atoms. The van der Waals surface area contributed by atoms with Crippen molar-refractivity contribution in [2.45, 2.75) is 4.90 Å². The third kappa shape index (κ3) is 6.07. The van der Waals surface area contributed by atoms with E-state index in [2.05, 4.69) is 10.6 Å². The van der Waals surface area contributed by atoms with Crippen LogP contribution in [0.2, 0.25) is 0 Å².